The third-order valence-electron chi connectivity index (χ3n) is 2.16. The van der Waals surface area contributed by atoms with Crippen LogP contribution in [-0.2, 0) is 6.18 Å². The molecular formula is C10H12BrClF3N. The van der Waals surface area contributed by atoms with Gasteiger partial charge in [0.25, 0.3) is 0 Å². The van der Waals surface area contributed by atoms with Gasteiger partial charge >= 0.3 is 6.18 Å². The van der Waals surface area contributed by atoms with Crippen molar-refractivity contribution in [2.75, 3.05) is 0 Å². The SMILES string of the molecule is CC[C@H](N)c1cc(C(F)(F)F)ccc1Br.Cl. The maximum Gasteiger partial charge on any atom is 0.416 e. The fourth-order valence-electron chi connectivity index (χ4n) is 1.22. The van der Waals surface area contributed by atoms with Crippen LogP contribution in [-0.4, -0.2) is 0 Å². The molecule has 0 bridgehead atoms. The van der Waals surface area contributed by atoms with Crippen molar-refractivity contribution in [1.82, 2.24) is 0 Å². The van der Waals surface area contributed by atoms with Crippen LogP contribution in [0.3, 0.4) is 0 Å². The second kappa shape index (κ2) is 5.89. The van der Waals surface area contributed by atoms with Gasteiger partial charge in [-0.3, -0.25) is 0 Å². The second-order valence-corrected chi connectivity index (χ2v) is 4.10. The quantitative estimate of drug-likeness (QED) is 0.864. The van der Waals surface area contributed by atoms with Crippen molar-refractivity contribution in [3.8, 4) is 0 Å². The van der Waals surface area contributed by atoms with E-state index in [0.29, 0.717) is 16.5 Å². The summed E-state index contributed by atoms with van der Waals surface area (Å²) in [5.74, 6) is 0. The predicted molar refractivity (Wildman–Crippen MR) is 63.6 cm³/mol. The maximum atomic E-state index is 12.4. The van der Waals surface area contributed by atoms with Crippen molar-refractivity contribution in [2.24, 2.45) is 5.73 Å². The molecule has 0 radical (unpaired) electrons. The summed E-state index contributed by atoms with van der Waals surface area (Å²) in [6, 6.07) is 3.14. The van der Waals surface area contributed by atoms with Gasteiger partial charge in [0.15, 0.2) is 0 Å². The van der Waals surface area contributed by atoms with Gasteiger partial charge in [0, 0.05) is 10.5 Å². The Labute approximate surface area is 107 Å². The lowest BCUT2D eigenvalue weighted by Gasteiger charge is -2.14. The Hall–Kier alpha value is -0.260. The topological polar surface area (TPSA) is 26.0 Å². The molecule has 1 atom stereocenters. The molecule has 2 N–H and O–H groups in total. The third-order valence-corrected chi connectivity index (χ3v) is 2.88. The Morgan fingerprint density at radius 3 is 2.38 bits per heavy atom. The van der Waals surface area contributed by atoms with Gasteiger partial charge in [-0.25, -0.2) is 0 Å². The van der Waals surface area contributed by atoms with Crippen LogP contribution in [0, 0.1) is 0 Å². The number of rotatable bonds is 2. The molecule has 0 heterocycles. The van der Waals surface area contributed by atoms with E-state index in [2.05, 4.69) is 15.9 Å². The van der Waals surface area contributed by atoms with E-state index in [-0.39, 0.29) is 18.4 Å². The van der Waals surface area contributed by atoms with Gasteiger partial charge in [-0.2, -0.15) is 13.2 Å². The molecule has 0 aliphatic heterocycles. The molecule has 0 aliphatic rings. The Bertz CT molecular complexity index is 354. The molecule has 16 heavy (non-hydrogen) atoms. The Morgan fingerprint density at radius 2 is 1.94 bits per heavy atom. The van der Waals surface area contributed by atoms with Crippen molar-refractivity contribution < 1.29 is 13.2 Å². The van der Waals surface area contributed by atoms with E-state index in [0.717, 1.165) is 12.1 Å². The third kappa shape index (κ3) is 3.64. The van der Waals surface area contributed by atoms with Crippen LogP contribution in [0.4, 0.5) is 13.2 Å². The average Bonchev–Trinajstić information content (AvgIpc) is 2.15. The Morgan fingerprint density at radius 1 is 1.38 bits per heavy atom. The van der Waals surface area contributed by atoms with Crippen LogP contribution in [0.1, 0.15) is 30.5 Å². The highest BCUT2D eigenvalue weighted by Crippen LogP contribution is 2.33. The zero-order valence-electron chi connectivity index (χ0n) is 8.51. The zero-order valence-corrected chi connectivity index (χ0v) is 10.9. The first-order chi connectivity index (χ1) is 6.86. The Balaban J connectivity index is 0.00000225. The van der Waals surface area contributed by atoms with Crippen LogP contribution >= 0.6 is 28.3 Å². The van der Waals surface area contributed by atoms with E-state index in [9.17, 15) is 13.2 Å². The molecule has 1 aromatic rings. The van der Waals surface area contributed by atoms with Crippen molar-refractivity contribution in [3.05, 3.63) is 33.8 Å². The maximum absolute atomic E-state index is 12.4. The minimum atomic E-state index is -4.32. The molecule has 0 saturated heterocycles. The minimum Gasteiger partial charge on any atom is -0.324 e. The van der Waals surface area contributed by atoms with Crippen molar-refractivity contribution in [1.29, 1.82) is 0 Å². The van der Waals surface area contributed by atoms with Crippen molar-refractivity contribution in [2.45, 2.75) is 25.6 Å². The first-order valence-electron chi connectivity index (χ1n) is 4.48. The highest BCUT2D eigenvalue weighted by atomic mass is 79.9. The molecule has 6 heteroatoms. The first kappa shape index (κ1) is 15.7. The highest BCUT2D eigenvalue weighted by molar-refractivity contribution is 9.10. The molecule has 0 aliphatic carbocycles. The first-order valence-corrected chi connectivity index (χ1v) is 5.27. The fourth-order valence-corrected chi connectivity index (χ4v) is 1.76. The normalized spacial score (nSPS) is 13.1. The average molecular weight is 319 g/mol. The highest BCUT2D eigenvalue weighted by Gasteiger charge is 2.31. The van der Waals surface area contributed by atoms with Crippen molar-refractivity contribution in [3.63, 3.8) is 0 Å². The monoisotopic (exact) mass is 317 g/mol. The molecule has 0 aromatic heterocycles. The van der Waals surface area contributed by atoms with Gasteiger partial charge in [0.1, 0.15) is 0 Å². The number of halogens is 5. The smallest absolute Gasteiger partial charge is 0.324 e. The number of nitrogens with two attached hydrogens (primary N) is 1. The van der Waals surface area contributed by atoms with Crippen LogP contribution in [0.5, 0.6) is 0 Å². The van der Waals surface area contributed by atoms with E-state index in [1.807, 2.05) is 6.92 Å². The number of benzene rings is 1. The lowest BCUT2D eigenvalue weighted by Crippen LogP contribution is -2.12. The molecule has 1 aromatic carbocycles. The van der Waals surface area contributed by atoms with E-state index < -0.39 is 11.7 Å². The van der Waals surface area contributed by atoms with E-state index >= 15 is 0 Å². The summed E-state index contributed by atoms with van der Waals surface area (Å²) in [7, 11) is 0. The molecule has 0 saturated carbocycles. The largest absolute Gasteiger partial charge is 0.416 e. The summed E-state index contributed by atoms with van der Waals surface area (Å²) in [4.78, 5) is 0. The number of hydrogen-bond donors (Lipinski definition) is 1. The number of alkyl halides is 3. The van der Waals surface area contributed by atoms with Crippen LogP contribution in [0.2, 0.25) is 0 Å². The molecule has 0 unspecified atom stereocenters. The summed E-state index contributed by atoms with van der Waals surface area (Å²) in [6.07, 6.45) is -3.72. The molecule has 1 rings (SSSR count). The zero-order chi connectivity index (χ0) is 11.6. The summed E-state index contributed by atoms with van der Waals surface area (Å²) in [5.41, 5.74) is 5.54. The summed E-state index contributed by atoms with van der Waals surface area (Å²) in [6.45, 7) is 1.83. The molecule has 0 fully saturated rings. The second-order valence-electron chi connectivity index (χ2n) is 3.25. The molecular weight excluding hydrogens is 306 g/mol. The van der Waals surface area contributed by atoms with E-state index in [1.54, 1.807) is 0 Å². The van der Waals surface area contributed by atoms with E-state index in [4.69, 9.17) is 5.73 Å². The fraction of sp³-hybridized carbons (Fsp3) is 0.400. The molecule has 0 spiro atoms. The van der Waals surface area contributed by atoms with Crippen molar-refractivity contribution >= 4 is 28.3 Å². The van der Waals surface area contributed by atoms with Gasteiger partial charge in [0.05, 0.1) is 5.56 Å². The van der Waals surface area contributed by atoms with Gasteiger partial charge in [-0.05, 0) is 30.2 Å². The standard InChI is InChI=1S/C10H11BrF3N.ClH/c1-2-9(15)7-5-6(10(12,13)14)3-4-8(7)11;/h3-5,9H,2,15H2,1H3;1H/t9-;/m0./s1. The van der Waals surface area contributed by atoms with Gasteiger partial charge in [0.2, 0.25) is 0 Å². The molecule has 0 amide bonds. The van der Waals surface area contributed by atoms with Crippen LogP contribution < -0.4 is 5.73 Å². The predicted octanol–water partition coefficient (Wildman–Crippen LogP) is 4.30. The van der Waals surface area contributed by atoms with Gasteiger partial charge in [-0.1, -0.05) is 22.9 Å². The van der Waals surface area contributed by atoms with Gasteiger partial charge in [-0.15, -0.1) is 12.4 Å². The molecule has 1 nitrogen and oxygen atoms in total. The number of hydrogen-bond acceptors (Lipinski definition) is 1. The lowest BCUT2D eigenvalue weighted by atomic mass is 10.0. The minimum absolute atomic E-state index is 0. The molecule has 92 valence electrons. The summed E-state index contributed by atoms with van der Waals surface area (Å²) < 4.78 is 37.8. The summed E-state index contributed by atoms with van der Waals surface area (Å²) >= 11 is 3.19. The Kier molecular flexibility index (Phi) is 5.79. The van der Waals surface area contributed by atoms with E-state index in [1.165, 1.54) is 6.07 Å². The summed E-state index contributed by atoms with van der Waals surface area (Å²) in [5, 5.41) is 0. The van der Waals surface area contributed by atoms with Gasteiger partial charge < -0.3 is 5.73 Å². The van der Waals surface area contributed by atoms with Crippen LogP contribution in [0.15, 0.2) is 22.7 Å². The van der Waals surface area contributed by atoms with Crippen LogP contribution in [0.25, 0.3) is 0 Å². The lowest BCUT2D eigenvalue weighted by molar-refractivity contribution is -0.137.